The Bertz CT molecular complexity index is 666. The summed E-state index contributed by atoms with van der Waals surface area (Å²) in [6.07, 6.45) is 2.78. The molecular formula is C15H13Br2FN2S. The first-order valence-electron chi connectivity index (χ1n) is 6.59. The van der Waals surface area contributed by atoms with Gasteiger partial charge in [-0.1, -0.05) is 0 Å². The van der Waals surface area contributed by atoms with Crippen LogP contribution in [0.1, 0.15) is 23.7 Å². The number of nitrogens with zero attached hydrogens (tertiary/aromatic N) is 1. The summed E-state index contributed by atoms with van der Waals surface area (Å²) in [6, 6.07) is 7.20. The molecule has 3 rings (SSSR count). The first-order valence-corrected chi connectivity index (χ1v) is 9.16. The predicted octanol–water partition coefficient (Wildman–Crippen LogP) is 5.07. The first-order chi connectivity index (χ1) is 10.1. The van der Waals surface area contributed by atoms with Gasteiger partial charge < -0.3 is 5.32 Å². The van der Waals surface area contributed by atoms with E-state index in [0.717, 1.165) is 32.4 Å². The maximum Gasteiger partial charge on any atom is 0.123 e. The summed E-state index contributed by atoms with van der Waals surface area (Å²) < 4.78 is 15.4. The van der Waals surface area contributed by atoms with Crippen LogP contribution in [-0.4, -0.2) is 10.7 Å². The third-order valence-electron chi connectivity index (χ3n) is 3.41. The van der Waals surface area contributed by atoms with Crippen molar-refractivity contribution in [3.63, 3.8) is 0 Å². The van der Waals surface area contributed by atoms with Crippen molar-refractivity contribution in [3.8, 4) is 0 Å². The maximum absolute atomic E-state index is 13.5. The van der Waals surface area contributed by atoms with Gasteiger partial charge in [-0.05, 0) is 73.9 Å². The Balaban J connectivity index is 1.76. The van der Waals surface area contributed by atoms with E-state index in [4.69, 9.17) is 0 Å². The fraction of sp³-hybridized carbons (Fsp3) is 0.267. The highest BCUT2D eigenvalue weighted by atomic mass is 79.9. The van der Waals surface area contributed by atoms with Gasteiger partial charge in [-0.25, -0.2) is 4.39 Å². The molecule has 0 bridgehead atoms. The Morgan fingerprint density at radius 2 is 2.19 bits per heavy atom. The zero-order chi connectivity index (χ0) is 14.8. The molecule has 2 heterocycles. The van der Waals surface area contributed by atoms with E-state index in [-0.39, 0.29) is 11.9 Å². The molecule has 0 fully saturated rings. The molecule has 0 amide bonds. The van der Waals surface area contributed by atoms with Gasteiger partial charge in [-0.2, -0.15) is 0 Å². The lowest BCUT2D eigenvalue weighted by molar-refractivity contribution is 0.499. The Kier molecular flexibility index (Phi) is 4.99. The highest BCUT2D eigenvalue weighted by Crippen LogP contribution is 2.36. The Hall–Kier alpha value is -0.430. The second kappa shape index (κ2) is 6.77. The van der Waals surface area contributed by atoms with E-state index in [9.17, 15) is 4.39 Å². The zero-order valence-electron chi connectivity index (χ0n) is 11.1. The second-order valence-electron chi connectivity index (χ2n) is 4.83. The number of hydrogen-bond donors (Lipinski definition) is 1. The van der Waals surface area contributed by atoms with Gasteiger partial charge in [0.2, 0.25) is 0 Å². The lowest BCUT2D eigenvalue weighted by Crippen LogP contribution is -2.25. The Morgan fingerprint density at radius 1 is 1.33 bits per heavy atom. The van der Waals surface area contributed by atoms with Crippen LogP contribution in [0.3, 0.4) is 0 Å². The molecule has 1 aromatic carbocycles. The standard InChI is InChI=1S/C15H13Br2FN2S/c16-9-5-12(17)14(19-7-9)8-20-13-3-4-21-15-2-1-10(18)6-11(13)15/h1-2,5-7,13,20H,3-4,8H2. The van der Waals surface area contributed by atoms with Crippen LogP contribution in [0.4, 0.5) is 4.39 Å². The number of benzene rings is 1. The minimum Gasteiger partial charge on any atom is -0.304 e. The van der Waals surface area contributed by atoms with Crippen LogP contribution in [0.25, 0.3) is 0 Å². The molecule has 1 aromatic heterocycles. The van der Waals surface area contributed by atoms with Crippen molar-refractivity contribution in [3.05, 3.63) is 56.5 Å². The largest absolute Gasteiger partial charge is 0.304 e. The number of aromatic nitrogens is 1. The van der Waals surface area contributed by atoms with Gasteiger partial charge in [-0.15, -0.1) is 11.8 Å². The Labute approximate surface area is 144 Å². The number of nitrogens with one attached hydrogen (secondary N) is 1. The van der Waals surface area contributed by atoms with Gasteiger partial charge in [0, 0.05) is 32.6 Å². The summed E-state index contributed by atoms with van der Waals surface area (Å²) in [5, 5.41) is 3.49. The highest BCUT2D eigenvalue weighted by molar-refractivity contribution is 9.11. The highest BCUT2D eigenvalue weighted by Gasteiger charge is 2.21. The fourth-order valence-corrected chi connectivity index (χ4v) is 4.60. The van der Waals surface area contributed by atoms with E-state index >= 15 is 0 Å². The van der Waals surface area contributed by atoms with Gasteiger partial charge in [0.15, 0.2) is 0 Å². The monoisotopic (exact) mass is 430 g/mol. The molecule has 21 heavy (non-hydrogen) atoms. The van der Waals surface area contributed by atoms with Crippen molar-refractivity contribution in [1.82, 2.24) is 10.3 Å². The average Bonchev–Trinajstić information content (AvgIpc) is 2.46. The van der Waals surface area contributed by atoms with E-state index in [1.807, 2.05) is 12.1 Å². The summed E-state index contributed by atoms with van der Waals surface area (Å²) in [4.78, 5) is 5.57. The molecule has 6 heteroatoms. The molecule has 2 aromatic rings. The van der Waals surface area contributed by atoms with E-state index in [1.165, 1.54) is 11.0 Å². The van der Waals surface area contributed by atoms with Crippen LogP contribution >= 0.6 is 43.6 Å². The van der Waals surface area contributed by atoms with Crippen LogP contribution in [0.5, 0.6) is 0 Å². The molecule has 0 radical (unpaired) electrons. The molecular weight excluding hydrogens is 419 g/mol. The van der Waals surface area contributed by atoms with Crippen molar-refractivity contribution >= 4 is 43.6 Å². The number of fused-ring (bicyclic) bond motifs is 1. The van der Waals surface area contributed by atoms with Crippen molar-refractivity contribution in [2.24, 2.45) is 0 Å². The number of rotatable bonds is 3. The summed E-state index contributed by atoms with van der Waals surface area (Å²) >= 11 is 8.71. The van der Waals surface area contributed by atoms with Crippen LogP contribution in [0, 0.1) is 5.82 Å². The third-order valence-corrected chi connectivity index (χ3v) is 5.65. The lowest BCUT2D eigenvalue weighted by Gasteiger charge is -2.26. The molecule has 0 saturated carbocycles. The SMILES string of the molecule is Fc1ccc2c(c1)C(NCc1ncc(Br)cc1Br)CCS2. The fourth-order valence-electron chi connectivity index (χ4n) is 2.37. The average molecular weight is 432 g/mol. The first kappa shape index (κ1) is 15.5. The molecule has 1 atom stereocenters. The molecule has 110 valence electrons. The molecule has 0 aliphatic carbocycles. The number of hydrogen-bond acceptors (Lipinski definition) is 3. The van der Waals surface area contributed by atoms with E-state index in [0.29, 0.717) is 6.54 Å². The van der Waals surface area contributed by atoms with Crippen molar-refractivity contribution in [2.45, 2.75) is 23.9 Å². The summed E-state index contributed by atoms with van der Waals surface area (Å²) in [7, 11) is 0. The maximum atomic E-state index is 13.5. The lowest BCUT2D eigenvalue weighted by atomic mass is 10.0. The zero-order valence-corrected chi connectivity index (χ0v) is 15.1. The number of pyridine rings is 1. The van der Waals surface area contributed by atoms with Crippen molar-refractivity contribution in [1.29, 1.82) is 0 Å². The van der Waals surface area contributed by atoms with E-state index in [2.05, 4.69) is 42.2 Å². The minimum absolute atomic E-state index is 0.175. The van der Waals surface area contributed by atoms with Crippen LogP contribution in [-0.2, 0) is 6.54 Å². The molecule has 1 N–H and O–H groups in total. The summed E-state index contributed by atoms with van der Waals surface area (Å²) in [5.74, 6) is 0.872. The van der Waals surface area contributed by atoms with Gasteiger partial charge in [-0.3, -0.25) is 4.98 Å². The minimum atomic E-state index is -0.175. The normalized spacial score (nSPS) is 17.6. The van der Waals surface area contributed by atoms with Gasteiger partial charge in [0.25, 0.3) is 0 Å². The summed E-state index contributed by atoms with van der Waals surface area (Å²) in [5.41, 5.74) is 2.01. The van der Waals surface area contributed by atoms with Gasteiger partial charge in [0.05, 0.1) is 5.69 Å². The van der Waals surface area contributed by atoms with Crippen molar-refractivity contribution < 1.29 is 4.39 Å². The van der Waals surface area contributed by atoms with Crippen molar-refractivity contribution in [2.75, 3.05) is 5.75 Å². The van der Waals surface area contributed by atoms with E-state index in [1.54, 1.807) is 24.0 Å². The quantitative estimate of drug-likeness (QED) is 0.733. The molecule has 1 aliphatic heterocycles. The predicted molar refractivity (Wildman–Crippen MR) is 91.0 cm³/mol. The number of thioether (sulfide) groups is 1. The summed E-state index contributed by atoms with van der Waals surface area (Å²) in [6.45, 7) is 0.652. The van der Waals surface area contributed by atoms with Crippen LogP contribution in [0.2, 0.25) is 0 Å². The molecule has 2 nitrogen and oxygen atoms in total. The topological polar surface area (TPSA) is 24.9 Å². The van der Waals surface area contributed by atoms with E-state index < -0.39 is 0 Å². The third kappa shape index (κ3) is 3.67. The molecule has 1 unspecified atom stereocenters. The van der Waals surface area contributed by atoms with Gasteiger partial charge >= 0.3 is 0 Å². The smallest absolute Gasteiger partial charge is 0.123 e. The number of halogens is 3. The molecule has 0 saturated heterocycles. The Morgan fingerprint density at radius 3 is 3.00 bits per heavy atom. The molecule has 1 aliphatic rings. The molecule has 0 spiro atoms. The van der Waals surface area contributed by atoms with Crippen LogP contribution in [0.15, 0.2) is 44.3 Å². The second-order valence-corrected chi connectivity index (χ2v) is 7.74. The van der Waals surface area contributed by atoms with Gasteiger partial charge in [0.1, 0.15) is 5.82 Å². The van der Waals surface area contributed by atoms with Crippen LogP contribution < -0.4 is 5.32 Å².